The summed E-state index contributed by atoms with van der Waals surface area (Å²) in [5.41, 5.74) is 8.78. The molecule has 0 aromatic heterocycles. The molecule has 1 unspecified atom stereocenters. The van der Waals surface area contributed by atoms with Gasteiger partial charge in [0.25, 0.3) is 0 Å². The van der Waals surface area contributed by atoms with Crippen LogP contribution in [-0.4, -0.2) is 10.2 Å². The number of benzene rings is 2. The molecule has 0 bridgehead atoms. The first-order valence-corrected chi connectivity index (χ1v) is 8.85. The van der Waals surface area contributed by atoms with Gasteiger partial charge in [0.15, 0.2) is 0 Å². The fraction of sp³-hybridized carbons (Fsp3) is 0.222. The predicted octanol–water partition coefficient (Wildman–Crippen LogP) is 4.47. The zero-order valence-electron chi connectivity index (χ0n) is 13.8. The summed E-state index contributed by atoms with van der Waals surface area (Å²) < 4.78 is 0.0454. The van der Waals surface area contributed by atoms with Gasteiger partial charge in [-0.25, -0.2) is 0 Å². The maximum absolute atomic E-state index is 2.40. The van der Waals surface area contributed by atoms with Crippen LogP contribution in [0.1, 0.15) is 34.7 Å². The van der Waals surface area contributed by atoms with Gasteiger partial charge < -0.3 is 0 Å². The second kappa shape index (κ2) is 8.38. The van der Waals surface area contributed by atoms with Gasteiger partial charge in [-0.2, -0.15) is 0 Å². The van der Waals surface area contributed by atoms with Crippen LogP contribution in [0.15, 0.2) is 48.0 Å². The molecule has 0 saturated heterocycles. The third-order valence-corrected chi connectivity index (χ3v) is 7.58. The van der Waals surface area contributed by atoms with Crippen molar-refractivity contribution < 1.29 is 20.4 Å². The van der Waals surface area contributed by atoms with Crippen molar-refractivity contribution in [3.8, 4) is 0 Å². The number of aryl methyl sites for hydroxylation is 1. The maximum Gasteiger partial charge on any atom is -0.147 e. The summed E-state index contributed by atoms with van der Waals surface area (Å²) in [7, 11) is 1.11. The molecule has 5 heteroatoms. The van der Waals surface area contributed by atoms with Crippen LogP contribution in [0.5, 0.6) is 0 Å². The number of rotatable bonds is 1. The molecule has 123 valence electrons. The molecule has 0 spiro atoms. The molecule has 2 aromatic carbocycles. The van der Waals surface area contributed by atoms with Crippen LogP contribution in [0.2, 0.25) is 0 Å². The predicted molar refractivity (Wildman–Crippen MR) is 107 cm³/mol. The Morgan fingerprint density at radius 3 is 2.04 bits per heavy atom. The van der Waals surface area contributed by atoms with Crippen LogP contribution in [0, 0.1) is 13.8 Å². The summed E-state index contributed by atoms with van der Waals surface area (Å²) in [6.45, 7) is 6.80. The van der Waals surface area contributed by atoms with Gasteiger partial charge in [0.05, 0.1) is 0 Å². The third kappa shape index (κ3) is 3.38. The van der Waals surface area contributed by atoms with E-state index in [-0.39, 0.29) is 40.9 Å². The van der Waals surface area contributed by atoms with Gasteiger partial charge in [-0.05, 0) is 0 Å². The summed E-state index contributed by atoms with van der Waals surface area (Å²) in [6, 6.07) is 15.7. The molecule has 3 rings (SSSR count). The van der Waals surface area contributed by atoms with E-state index in [4.69, 9.17) is 0 Å². The van der Waals surface area contributed by atoms with Crippen LogP contribution in [-0.2, 0) is 24.2 Å². The molecule has 0 heterocycles. The monoisotopic (exact) mass is 419 g/mol. The van der Waals surface area contributed by atoms with Gasteiger partial charge in [0.2, 0.25) is 0 Å². The van der Waals surface area contributed by atoms with Crippen molar-refractivity contribution in [1.82, 2.24) is 0 Å². The normalized spacial score (nSPS) is 18.5. The average molecular weight is 421 g/mol. The molecular weight excluding hydrogens is 399 g/mol. The molecule has 0 amide bonds. The van der Waals surface area contributed by atoms with E-state index in [1.807, 2.05) is 0 Å². The summed E-state index contributed by atoms with van der Waals surface area (Å²) in [4.78, 5) is 0. The molecule has 2 aromatic rings. The molecule has 1 atom stereocenters. The molecule has 1 aliphatic rings. The summed E-state index contributed by atoms with van der Waals surface area (Å²) >= 11 is 2.40. The van der Waals surface area contributed by atoms with Crippen LogP contribution >= 0.6 is 37.2 Å². The van der Waals surface area contributed by atoms with E-state index in [1.165, 1.54) is 27.8 Å². The van der Waals surface area contributed by atoms with Crippen LogP contribution < -0.4 is 0 Å². The van der Waals surface area contributed by atoms with E-state index in [9.17, 15) is 0 Å². The second-order valence-electron chi connectivity index (χ2n) is 5.79. The van der Waals surface area contributed by atoms with E-state index in [1.54, 1.807) is 10.8 Å². The Bertz CT molecular complexity index is 743. The summed E-state index contributed by atoms with van der Waals surface area (Å²) in [6.07, 6.45) is 0. The molecule has 0 saturated carbocycles. The minimum Gasteiger partial charge on any atom is -0.147 e. The van der Waals surface area contributed by atoms with Crippen molar-refractivity contribution in [1.29, 1.82) is 0 Å². The van der Waals surface area contributed by atoms with E-state index in [2.05, 4.69) is 83.7 Å². The number of allylic oxidation sites excluding steroid dienone is 1. The number of fused-ring (bicyclic) bond motifs is 1. The fourth-order valence-electron chi connectivity index (χ4n) is 3.33. The Morgan fingerprint density at radius 1 is 0.826 bits per heavy atom. The standard InChI is InChI=1S/C18H19Si.3ClH.Ti/c1-11-7-6-10-14(12(11)2)17-13(3)18(19)16-9-5-4-8-15(16)17;;;;/h4-10H,1-3,19H3;3*1H;. The number of hydrogen-bond donors (Lipinski definition) is 0. The molecule has 0 fully saturated rings. The van der Waals surface area contributed by atoms with Crippen LogP contribution in [0.25, 0.3) is 5.20 Å². The van der Waals surface area contributed by atoms with Gasteiger partial charge in [-0.15, -0.1) is 37.2 Å². The molecule has 1 aliphatic carbocycles. The topological polar surface area (TPSA) is 0 Å². The Hall–Kier alpha value is -0.0188. The first-order valence-electron chi connectivity index (χ1n) is 7.07. The van der Waals surface area contributed by atoms with Crippen LogP contribution in [0.4, 0.5) is 0 Å². The number of hydrogen-bond acceptors (Lipinski definition) is 0. The van der Waals surface area contributed by atoms with Gasteiger partial charge >= 0.3 is 136 Å². The van der Waals surface area contributed by atoms with Gasteiger partial charge in [0.1, 0.15) is 0 Å². The first-order chi connectivity index (χ1) is 9.48. The van der Waals surface area contributed by atoms with Gasteiger partial charge in [-0.3, -0.25) is 0 Å². The largest absolute Gasteiger partial charge is 0.147 e. The van der Waals surface area contributed by atoms with Crippen LogP contribution in [0.3, 0.4) is 0 Å². The van der Waals surface area contributed by atoms with E-state index in [0.717, 1.165) is 10.2 Å². The van der Waals surface area contributed by atoms with Gasteiger partial charge in [0, 0.05) is 0 Å². The van der Waals surface area contributed by atoms with Crippen molar-refractivity contribution >= 4 is 52.7 Å². The number of halogens is 3. The molecule has 0 radical (unpaired) electrons. The van der Waals surface area contributed by atoms with E-state index >= 15 is 0 Å². The van der Waals surface area contributed by atoms with Crippen molar-refractivity contribution in [2.75, 3.05) is 0 Å². The summed E-state index contributed by atoms with van der Waals surface area (Å²) in [5, 5.41) is 1.57. The van der Waals surface area contributed by atoms with Crippen molar-refractivity contribution in [2.45, 2.75) is 24.5 Å². The molecule has 0 N–H and O–H groups in total. The van der Waals surface area contributed by atoms with Crippen molar-refractivity contribution in [3.05, 3.63) is 75.9 Å². The zero-order chi connectivity index (χ0) is 14.5. The minimum absolute atomic E-state index is 0. The van der Waals surface area contributed by atoms with E-state index in [0.29, 0.717) is 0 Å². The third-order valence-electron chi connectivity index (χ3n) is 4.87. The Morgan fingerprint density at radius 2 is 1.39 bits per heavy atom. The average Bonchev–Trinajstić information content (AvgIpc) is 2.65. The van der Waals surface area contributed by atoms with Gasteiger partial charge in [-0.1, -0.05) is 0 Å². The first kappa shape index (κ1) is 23.0. The molecule has 0 aliphatic heterocycles. The second-order valence-corrected chi connectivity index (χ2v) is 7.96. The van der Waals surface area contributed by atoms with E-state index < -0.39 is 0 Å². The maximum atomic E-state index is 2.40. The zero-order valence-corrected chi connectivity index (χ0v) is 19.8. The minimum atomic E-state index is 0. The molecular formula is C18H22Cl3SiTi. The Balaban J connectivity index is 0.00000161. The summed E-state index contributed by atoms with van der Waals surface area (Å²) in [5.74, 6) is 0. The SMILES string of the molecule is CC1=C([SiH3])c2ccccc2[C]1([Ti])c1cccc(C)c1C.Cl.Cl.Cl. The van der Waals surface area contributed by atoms with Crippen molar-refractivity contribution in [2.24, 2.45) is 0 Å². The smallest absolute Gasteiger partial charge is 0.147 e. The quantitative estimate of drug-likeness (QED) is 0.597. The Kier molecular flexibility index (Phi) is 8.37. The molecule has 0 nitrogen and oxygen atoms in total. The fourth-order valence-corrected chi connectivity index (χ4v) is 5.58. The Labute approximate surface area is 172 Å². The molecule has 23 heavy (non-hydrogen) atoms. The van der Waals surface area contributed by atoms with Crippen molar-refractivity contribution in [3.63, 3.8) is 0 Å².